The van der Waals surface area contributed by atoms with Crippen molar-refractivity contribution < 1.29 is 28.6 Å². The monoisotopic (exact) mass is 532 g/mol. The Morgan fingerprint density at radius 1 is 0.868 bits per heavy atom. The van der Waals surface area contributed by atoms with Crippen LogP contribution in [0.5, 0.6) is 0 Å². The highest BCUT2D eigenvalue weighted by Crippen LogP contribution is 2.18. The fourth-order valence-corrected chi connectivity index (χ4v) is 4.61. The Kier molecular flexibility index (Phi) is 12.8. The topological polar surface area (TPSA) is 89.9 Å². The third kappa shape index (κ3) is 9.48. The molecule has 2 aromatic carbocycles. The Bertz CT molecular complexity index is 1040. The standard InChI is InChI=1S/C30H42F2N2O4/c1-5-8-9-10-27(35)28(36)26(17-21-15-24(31)19-25(32)16-21)33-29(37)22-13-20(4)14-23(18-22)30(38)34(11-6-2)12-7-3/h13-16,18-19,26-28,35-36H,5-12,17H2,1-4H3,(H,33,37)/t26-,27+,28+/m0/s1. The van der Waals surface area contributed by atoms with Crippen LogP contribution in [0.25, 0.3) is 0 Å². The highest BCUT2D eigenvalue weighted by molar-refractivity contribution is 6.00. The molecule has 0 aliphatic heterocycles. The number of aliphatic hydroxyl groups is 2. The molecule has 3 N–H and O–H groups in total. The van der Waals surface area contributed by atoms with Crippen molar-refractivity contribution in [3.63, 3.8) is 0 Å². The second-order valence-corrected chi connectivity index (χ2v) is 10.00. The molecule has 2 aromatic rings. The van der Waals surface area contributed by atoms with Gasteiger partial charge in [-0.25, -0.2) is 8.78 Å². The first-order valence-corrected chi connectivity index (χ1v) is 13.6. The molecule has 2 rings (SSSR count). The Balaban J connectivity index is 2.33. The maximum absolute atomic E-state index is 13.8. The number of halogens is 2. The Labute approximate surface area is 225 Å². The fourth-order valence-electron chi connectivity index (χ4n) is 4.61. The predicted molar refractivity (Wildman–Crippen MR) is 145 cm³/mol. The van der Waals surface area contributed by atoms with E-state index in [0.29, 0.717) is 31.5 Å². The first kappa shape index (κ1) is 31.4. The smallest absolute Gasteiger partial charge is 0.253 e. The van der Waals surface area contributed by atoms with E-state index >= 15 is 0 Å². The van der Waals surface area contributed by atoms with E-state index in [2.05, 4.69) is 5.32 Å². The molecular formula is C30H42F2N2O4. The zero-order chi connectivity index (χ0) is 28.2. The van der Waals surface area contributed by atoms with E-state index in [-0.39, 0.29) is 23.5 Å². The molecule has 0 bridgehead atoms. The number of hydrogen-bond donors (Lipinski definition) is 3. The molecule has 38 heavy (non-hydrogen) atoms. The fraction of sp³-hybridized carbons (Fsp3) is 0.533. The van der Waals surface area contributed by atoms with E-state index in [1.807, 2.05) is 20.8 Å². The number of benzene rings is 2. The number of carbonyl (C=O) groups excluding carboxylic acids is 2. The number of carbonyl (C=O) groups is 2. The van der Waals surface area contributed by atoms with Gasteiger partial charge < -0.3 is 20.4 Å². The van der Waals surface area contributed by atoms with Gasteiger partial charge in [-0.15, -0.1) is 0 Å². The van der Waals surface area contributed by atoms with Gasteiger partial charge in [-0.1, -0.05) is 40.0 Å². The third-order valence-corrected chi connectivity index (χ3v) is 6.47. The van der Waals surface area contributed by atoms with Crippen LogP contribution in [0.15, 0.2) is 36.4 Å². The number of rotatable bonds is 15. The normalized spacial score (nSPS) is 13.6. The van der Waals surface area contributed by atoms with Crippen molar-refractivity contribution in [1.82, 2.24) is 10.2 Å². The van der Waals surface area contributed by atoms with E-state index in [1.165, 1.54) is 6.07 Å². The lowest BCUT2D eigenvalue weighted by Crippen LogP contribution is -2.50. The molecule has 0 aromatic heterocycles. The van der Waals surface area contributed by atoms with E-state index in [9.17, 15) is 28.6 Å². The average Bonchev–Trinajstić information content (AvgIpc) is 2.86. The van der Waals surface area contributed by atoms with E-state index in [4.69, 9.17) is 0 Å². The van der Waals surface area contributed by atoms with Crippen LogP contribution < -0.4 is 5.32 Å². The van der Waals surface area contributed by atoms with Crippen molar-refractivity contribution in [2.45, 2.75) is 90.9 Å². The van der Waals surface area contributed by atoms with Crippen molar-refractivity contribution in [2.24, 2.45) is 0 Å². The van der Waals surface area contributed by atoms with Gasteiger partial charge in [0.15, 0.2) is 0 Å². The lowest BCUT2D eigenvalue weighted by Gasteiger charge is -2.28. The largest absolute Gasteiger partial charge is 0.390 e. The van der Waals surface area contributed by atoms with Crippen LogP contribution in [0.4, 0.5) is 8.78 Å². The molecule has 2 amide bonds. The van der Waals surface area contributed by atoms with Crippen LogP contribution in [0.2, 0.25) is 0 Å². The van der Waals surface area contributed by atoms with Crippen molar-refractivity contribution >= 4 is 11.8 Å². The van der Waals surface area contributed by atoms with Crippen LogP contribution in [-0.2, 0) is 6.42 Å². The summed E-state index contributed by atoms with van der Waals surface area (Å²) >= 11 is 0. The minimum atomic E-state index is -1.36. The van der Waals surface area contributed by atoms with Crippen LogP contribution in [0.3, 0.4) is 0 Å². The zero-order valence-electron chi connectivity index (χ0n) is 23.0. The summed E-state index contributed by atoms with van der Waals surface area (Å²) in [5.41, 5.74) is 1.57. The van der Waals surface area contributed by atoms with Crippen LogP contribution in [0.1, 0.15) is 91.1 Å². The second-order valence-electron chi connectivity index (χ2n) is 10.00. The number of nitrogens with zero attached hydrogens (tertiary/aromatic N) is 1. The summed E-state index contributed by atoms with van der Waals surface area (Å²) in [5.74, 6) is -2.26. The number of unbranched alkanes of at least 4 members (excludes halogenated alkanes) is 2. The summed E-state index contributed by atoms with van der Waals surface area (Å²) in [6, 6.07) is 6.90. The van der Waals surface area contributed by atoms with Crippen molar-refractivity contribution in [1.29, 1.82) is 0 Å². The molecular weight excluding hydrogens is 490 g/mol. The lowest BCUT2D eigenvalue weighted by molar-refractivity contribution is -0.00832. The third-order valence-electron chi connectivity index (χ3n) is 6.47. The van der Waals surface area contributed by atoms with Crippen LogP contribution in [0, 0.1) is 18.6 Å². The Morgan fingerprint density at radius 2 is 1.47 bits per heavy atom. The number of aryl methyl sites for hydroxylation is 1. The molecule has 0 spiro atoms. The summed E-state index contributed by atoms with van der Waals surface area (Å²) in [7, 11) is 0. The van der Waals surface area contributed by atoms with Gasteiger partial charge in [-0.2, -0.15) is 0 Å². The molecule has 3 atom stereocenters. The first-order valence-electron chi connectivity index (χ1n) is 13.6. The summed E-state index contributed by atoms with van der Waals surface area (Å²) < 4.78 is 27.7. The maximum Gasteiger partial charge on any atom is 0.253 e. The lowest BCUT2D eigenvalue weighted by atomic mass is 9.94. The Morgan fingerprint density at radius 3 is 2.05 bits per heavy atom. The Hall–Kier alpha value is -2.84. The molecule has 6 nitrogen and oxygen atoms in total. The molecule has 0 heterocycles. The van der Waals surface area contributed by atoms with Gasteiger partial charge in [0.1, 0.15) is 17.7 Å². The maximum atomic E-state index is 13.8. The minimum Gasteiger partial charge on any atom is -0.390 e. The highest BCUT2D eigenvalue weighted by Gasteiger charge is 2.29. The van der Waals surface area contributed by atoms with Crippen LogP contribution in [-0.4, -0.2) is 58.3 Å². The molecule has 210 valence electrons. The van der Waals surface area contributed by atoms with Crippen molar-refractivity contribution in [2.75, 3.05) is 13.1 Å². The van der Waals surface area contributed by atoms with E-state index in [1.54, 1.807) is 24.0 Å². The van der Waals surface area contributed by atoms with Gasteiger partial charge in [-0.05, 0) is 74.1 Å². The second kappa shape index (κ2) is 15.5. The van der Waals surface area contributed by atoms with Crippen molar-refractivity contribution in [3.05, 3.63) is 70.3 Å². The first-order chi connectivity index (χ1) is 18.1. The molecule has 0 saturated carbocycles. The van der Waals surface area contributed by atoms with Crippen molar-refractivity contribution in [3.8, 4) is 0 Å². The minimum absolute atomic E-state index is 0.0925. The van der Waals surface area contributed by atoms with Gasteiger partial charge in [0.2, 0.25) is 0 Å². The SMILES string of the molecule is CCCCC[C@@H](O)[C@H](O)[C@H](Cc1cc(F)cc(F)c1)NC(=O)c1cc(C)cc(C(=O)N(CCC)CCC)c1. The summed E-state index contributed by atoms with van der Waals surface area (Å²) in [5, 5.41) is 24.3. The molecule has 8 heteroatoms. The average molecular weight is 533 g/mol. The van der Waals surface area contributed by atoms with E-state index in [0.717, 1.165) is 49.4 Å². The molecule has 0 radical (unpaired) electrons. The summed E-state index contributed by atoms with van der Waals surface area (Å²) in [4.78, 5) is 28.2. The van der Waals surface area contributed by atoms with E-state index < -0.39 is 35.8 Å². The molecule has 0 aliphatic rings. The number of amides is 2. The van der Waals surface area contributed by atoms with Gasteiger partial charge in [0, 0.05) is 30.3 Å². The zero-order valence-corrected chi connectivity index (χ0v) is 23.0. The number of hydrogen-bond acceptors (Lipinski definition) is 4. The molecule has 0 unspecified atom stereocenters. The predicted octanol–water partition coefficient (Wildman–Crippen LogP) is 5.18. The number of aliphatic hydroxyl groups excluding tert-OH is 2. The van der Waals surface area contributed by atoms with Gasteiger partial charge in [0.05, 0.1) is 12.1 Å². The molecule has 0 saturated heterocycles. The summed E-state index contributed by atoms with van der Waals surface area (Å²) in [6.45, 7) is 9.02. The number of nitrogens with one attached hydrogen (secondary N) is 1. The molecule has 0 aliphatic carbocycles. The highest BCUT2D eigenvalue weighted by atomic mass is 19.1. The van der Waals surface area contributed by atoms with Crippen LogP contribution >= 0.6 is 0 Å². The quantitative estimate of drug-likeness (QED) is 0.276. The summed E-state index contributed by atoms with van der Waals surface area (Å²) in [6.07, 6.45) is 1.87. The molecule has 0 fully saturated rings. The van der Waals surface area contributed by atoms with Gasteiger partial charge in [-0.3, -0.25) is 9.59 Å². The van der Waals surface area contributed by atoms with Gasteiger partial charge >= 0.3 is 0 Å². The van der Waals surface area contributed by atoms with Gasteiger partial charge in [0.25, 0.3) is 11.8 Å².